The average molecular weight is 515 g/mol. The number of carbonyl (C=O) groups is 2. The second kappa shape index (κ2) is 10.4. The molecule has 1 aromatic heterocycles. The number of carbonyl (C=O) groups excluding carboxylic acids is 2. The molecule has 6 rings (SSSR count). The molecule has 4 aromatic carbocycles. The molecule has 0 spiro atoms. The van der Waals surface area contributed by atoms with E-state index in [1.54, 1.807) is 18.2 Å². The summed E-state index contributed by atoms with van der Waals surface area (Å²) in [7, 11) is 0. The molecule has 39 heavy (non-hydrogen) atoms. The first kappa shape index (κ1) is 24.4. The summed E-state index contributed by atoms with van der Waals surface area (Å²) >= 11 is 0. The van der Waals surface area contributed by atoms with Crippen molar-refractivity contribution in [2.75, 3.05) is 0 Å². The minimum atomic E-state index is -0.555. The smallest absolute Gasteiger partial charge is 0.379 e. The van der Waals surface area contributed by atoms with Crippen LogP contribution in [0.4, 0.5) is 0 Å². The van der Waals surface area contributed by atoms with Crippen molar-refractivity contribution in [2.24, 2.45) is 5.10 Å². The van der Waals surface area contributed by atoms with E-state index in [4.69, 9.17) is 9.15 Å². The SMILES string of the molecule is Cc1c(C(=O)Oc2cccc3ccccc23)oc2c1/C(=N/NC(=O)c1ccc(-c3ccccc3)cc1)CCC2. The molecular weight excluding hydrogens is 488 g/mol. The predicted molar refractivity (Wildman–Crippen MR) is 151 cm³/mol. The standard InChI is InChI=1S/C33H26N2O4/c1-21-30-27(34-35-32(36)25-19-17-23(18-20-25)22-9-3-2-4-10-22)14-8-16-29(30)38-31(21)33(37)39-28-15-7-12-24-11-5-6-13-26(24)28/h2-7,9-13,15,17-20H,8,14,16H2,1H3,(H,35,36)/b34-27+. The Kier molecular flexibility index (Phi) is 6.51. The molecule has 0 bridgehead atoms. The maximum Gasteiger partial charge on any atom is 0.379 e. The number of amides is 1. The van der Waals surface area contributed by atoms with Crippen molar-refractivity contribution < 1.29 is 18.7 Å². The van der Waals surface area contributed by atoms with Gasteiger partial charge in [0.2, 0.25) is 5.76 Å². The van der Waals surface area contributed by atoms with E-state index >= 15 is 0 Å². The predicted octanol–water partition coefficient (Wildman–Crippen LogP) is 7.10. The van der Waals surface area contributed by atoms with Crippen molar-refractivity contribution in [1.29, 1.82) is 0 Å². The molecule has 5 aromatic rings. The highest BCUT2D eigenvalue weighted by molar-refractivity contribution is 6.07. The molecule has 192 valence electrons. The van der Waals surface area contributed by atoms with E-state index in [1.165, 1.54) is 0 Å². The first-order chi connectivity index (χ1) is 19.1. The Balaban J connectivity index is 1.21. The van der Waals surface area contributed by atoms with E-state index < -0.39 is 5.97 Å². The summed E-state index contributed by atoms with van der Waals surface area (Å²) in [6.07, 6.45) is 2.16. The lowest BCUT2D eigenvalue weighted by molar-refractivity contribution is 0.0700. The maximum atomic E-state index is 13.2. The van der Waals surface area contributed by atoms with Crippen LogP contribution in [-0.2, 0) is 6.42 Å². The van der Waals surface area contributed by atoms with Gasteiger partial charge in [-0.15, -0.1) is 0 Å². The molecule has 0 aliphatic heterocycles. The fraction of sp³-hybridized carbons (Fsp3) is 0.121. The second-order valence-electron chi connectivity index (χ2n) is 9.52. The van der Waals surface area contributed by atoms with Gasteiger partial charge in [0.25, 0.3) is 5.91 Å². The number of nitrogens with zero attached hydrogens (tertiary/aromatic N) is 1. The number of rotatable bonds is 5. The van der Waals surface area contributed by atoms with Gasteiger partial charge in [-0.1, -0.05) is 78.9 Å². The van der Waals surface area contributed by atoms with Crippen LogP contribution >= 0.6 is 0 Å². The van der Waals surface area contributed by atoms with Gasteiger partial charge in [-0.3, -0.25) is 4.79 Å². The Morgan fingerprint density at radius 1 is 0.821 bits per heavy atom. The molecule has 1 amide bonds. The Labute approximate surface area is 225 Å². The van der Waals surface area contributed by atoms with E-state index in [2.05, 4.69) is 10.5 Å². The quantitative estimate of drug-likeness (QED) is 0.154. The number of furan rings is 1. The van der Waals surface area contributed by atoms with Gasteiger partial charge in [0.15, 0.2) is 0 Å². The number of fused-ring (bicyclic) bond motifs is 2. The lowest BCUT2D eigenvalue weighted by Gasteiger charge is -2.13. The van der Waals surface area contributed by atoms with E-state index in [9.17, 15) is 9.59 Å². The number of aryl methyl sites for hydroxylation is 1. The minimum absolute atomic E-state index is 0.158. The number of nitrogens with one attached hydrogen (secondary N) is 1. The number of benzene rings is 4. The van der Waals surface area contributed by atoms with E-state index in [-0.39, 0.29) is 11.7 Å². The number of hydrazone groups is 1. The van der Waals surface area contributed by atoms with E-state index in [1.807, 2.05) is 85.8 Å². The summed E-state index contributed by atoms with van der Waals surface area (Å²) in [6.45, 7) is 1.83. The van der Waals surface area contributed by atoms with Gasteiger partial charge in [0.1, 0.15) is 11.5 Å². The van der Waals surface area contributed by atoms with Crippen molar-refractivity contribution in [1.82, 2.24) is 5.43 Å². The Bertz CT molecular complexity index is 1710. The highest BCUT2D eigenvalue weighted by Crippen LogP contribution is 2.32. The summed E-state index contributed by atoms with van der Waals surface area (Å²) < 4.78 is 11.8. The fourth-order valence-electron chi connectivity index (χ4n) is 5.03. The van der Waals surface area contributed by atoms with Gasteiger partial charge >= 0.3 is 5.97 Å². The summed E-state index contributed by atoms with van der Waals surface area (Å²) in [5.41, 5.74) is 7.44. The number of ether oxygens (including phenoxy) is 1. The molecule has 0 unspecified atom stereocenters. The molecule has 1 heterocycles. The molecule has 0 saturated heterocycles. The van der Waals surface area contributed by atoms with Gasteiger partial charge in [-0.25, -0.2) is 10.2 Å². The molecular formula is C33H26N2O4. The largest absolute Gasteiger partial charge is 0.453 e. The van der Waals surface area contributed by atoms with Crippen LogP contribution in [0.3, 0.4) is 0 Å². The first-order valence-electron chi connectivity index (χ1n) is 12.9. The fourth-order valence-corrected chi connectivity index (χ4v) is 5.03. The highest BCUT2D eigenvalue weighted by atomic mass is 16.5. The number of hydrogen-bond acceptors (Lipinski definition) is 5. The Morgan fingerprint density at radius 2 is 1.54 bits per heavy atom. The number of hydrogen-bond donors (Lipinski definition) is 1. The summed E-state index contributed by atoms with van der Waals surface area (Å²) in [5.74, 6) is 0.464. The van der Waals surface area contributed by atoms with Crippen molar-refractivity contribution in [3.8, 4) is 16.9 Å². The lowest BCUT2D eigenvalue weighted by Crippen LogP contribution is -2.22. The zero-order valence-electron chi connectivity index (χ0n) is 21.4. The zero-order valence-corrected chi connectivity index (χ0v) is 21.4. The molecule has 6 nitrogen and oxygen atoms in total. The molecule has 1 aliphatic carbocycles. The zero-order chi connectivity index (χ0) is 26.8. The summed E-state index contributed by atoms with van der Waals surface area (Å²) in [5, 5.41) is 6.28. The Morgan fingerprint density at radius 3 is 2.36 bits per heavy atom. The molecule has 1 N–H and O–H groups in total. The van der Waals surface area contributed by atoms with Crippen LogP contribution in [-0.4, -0.2) is 17.6 Å². The van der Waals surface area contributed by atoms with Crippen LogP contribution in [0.2, 0.25) is 0 Å². The third kappa shape index (κ3) is 4.84. The van der Waals surface area contributed by atoms with Crippen LogP contribution in [0, 0.1) is 6.92 Å². The van der Waals surface area contributed by atoms with Crippen molar-refractivity contribution in [3.05, 3.63) is 125 Å². The molecule has 1 aliphatic rings. The highest BCUT2D eigenvalue weighted by Gasteiger charge is 2.29. The average Bonchev–Trinajstić information content (AvgIpc) is 3.33. The van der Waals surface area contributed by atoms with Gasteiger partial charge in [0.05, 0.1) is 5.71 Å². The molecule has 0 fully saturated rings. The van der Waals surface area contributed by atoms with Gasteiger partial charge < -0.3 is 9.15 Å². The Hall–Kier alpha value is -4.97. The summed E-state index contributed by atoms with van der Waals surface area (Å²) in [4.78, 5) is 26.0. The first-order valence-corrected chi connectivity index (χ1v) is 12.9. The molecule has 0 saturated carbocycles. The van der Waals surface area contributed by atoms with E-state index in [0.29, 0.717) is 41.2 Å². The van der Waals surface area contributed by atoms with Crippen LogP contribution in [0.1, 0.15) is 50.6 Å². The minimum Gasteiger partial charge on any atom is -0.453 e. The van der Waals surface area contributed by atoms with Crippen LogP contribution in [0.25, 0.3) is 21.9 Å². The maximum absolute atomic E-state index is 13.2. The summed E-state index contributed by atoms with van der Waals surface area (Å²) in [6, 6.07) is 30.7. The molecule has 0 atom stereocenters. The van der Waals surface area contributed by atoms with Crippen molar-refractivity contribution >= 4 is 28.4 Å². The van der Waals surface area contributed by atoms with Crippen LogP contribution in [0.5, 0.6) is 5.75 Å². The second-order valence-corrected chi connectivity index (χ2v) is 9.52. The number of esters is 1. The third-order valence-electron chi connectivity index (χ3n) is 7.01. The monoisotopic (exact) mass is 514 g/mol. The molecule has 6 heteroatoms. The van der Waals surface area contributed by atoms with Gasteiger partial charge in [-0.05, 0) is 54.5 Å². The van der Waals surface area contributed by atoms with Crippen LogP contribution < -0.4 is 10.2 Å². The van der Waals surface area contributed by atoms with Crippen molar-refractivity contribution in [3.63, 3.8) is 0 Å². The van der Waals surface area contributed by atoms with Crippen LogP contribution in [0.15, 0.2) is 107 Å². The van der Waals surface area contributed by atoms with E-state index in [0.717, 1.165) is 33.9 Å². The molecule has 0 radical (unpaired) electrons. The van der Waals surface area contributed by atoms with Crippen molar-refractivity contribution in [2.45, 2.75) is 26.2 Å². The normalized spacial score (nSPS) is 13.7. The third-order valence-corrected chi connectivity index (χ3v) is 7.01. The van der Waals surface area contributed by atoms with Gasteiger partial charge in [0, 0.05) is 28.5 Å². The van der Waals surface area contributed by atoms with Gasteiger partial charge in [-0.2, -0.15) is 5.10 Å². The topological polar surface area (TPSA) is 80.9 Å². The lowest BCUT2D eigenvalue weighted by atomic mass is 9.93.